The van der Waals surface area contributed by atoms with Gasteiger partial charge in [-0.2, -0.15) is 4.98 Å². The molecule has 0 bridgehead atoms. The number of aromatic nitrogens is 2. The molecule has 4 rings (SSSR count). The van der Waals surface area contributed by atoms with E-state index in [-0.39, 0.29) is 23.7 Å². The lowest BCUT2D eigenvalue weighted by atomic mass is 9.94. The number of benzene rings is 2. The fourth-order valence-electron chi connectivity index (χ4n) is 4.47. The quantitative estimate of drug-likeness (QED) is 0.325. The molecule has 1 unspecified atom stereocenters. The monoisotopic (exact) mass is 601 g/mol. The topological polar surface area (TPSA) is 70.6 Å². The predicted octanol–water partition coefficient (Wildman–Crippen LogP) is 5.84. The average Bonchev–Trinajstić information content (AvgIpc) is 2.83. The highest BCUT2D eigenvalue weighted by Gasteiger charge is 2.35. The lowest BCUT2D eigenvalue weighted by Gasteiger charge is -2.36. The normalized spacial score (nSPS) is 15.6. The maximum atomic E-state index is 12.9. The minimum atomic E-state index is -4.85. The molecule has 7 nitrogen and oxygen atoms in total. The molecule has 0 aliphatic carbocycles. The number of likely N-dealkylation sites (tertiary alicyclic amines) is 1. The van der Waals surface area contributed by atoms with Gasteiger partial charge in [0.15, 0.2) is 0 Å². The summed E-state index contributed by atoms with van der Waals surface area (Å²) in [5, 5.41) is 4.32. The third kappa shape index (κ3) is 7.24. The van der Waals surface area contributed by atoms with Crippen LogP contribution >= 0.6 is 28.3 Å². The predicted molar refractivity (Wildman–Crippen MR) is 144 cm³/mol. The summed E-state index contributed by atoms with van der Waals surface area (Å²) in [7, 11) is 3.88. The van der Waals surface area contributed by atoms with Crippen molar-refractivity contribution in [1.82, 2.24) is 14.9 Å². The first-order valence-electron chi connectivity index (χ1n) is 11.6. The molecular weight excluding hydrogens is 575 g/mol. The number of para-hydroxylation sites is 1. The highest BCUT2D eigenvalue weighted by Crippen LogP contribution is 2.36. The Kier molecular flexibility index (Phi) is 9.60. The lowest BCUT2D eigenvalue weighted by Crippen LogP contribution is -2.39. The molecule has 1 aliphatic heterocycles. The van der Waals surface area contributed by atoms with Gasteiger partial charge in [0.2, 0.25) is 5.95 Å². The van der Waals surface area contributed by atoms with Crippen molar-refractivity contribution in [2.45, 2.75) is 25.2 Å². The van der Waals surface area contributed by atoms with E-state index in [0.717, 1.165) is 29.6 Å². The molecule has 1 atom stereocenters. The number of halogens is 5. The van der Waals surface area contributed by atoms with Gasteiger partial charge in [-0.25, -0.2) is 4.98 Å². The molecular formula is C25H28BrClF3N5O2. The number of nitrogens with one attached hydrogen (secondary N) is 1. The zero-order valence-electron chi connectivity index (χ0n) is 20.3. The third-order valence-electron chi connectivity index (χ3n) is 6.25. The first kappa shape index (κ1) is 28.9. The van der Waals surface area contributed by atoms with E-state index in [9.17, 15) is 18.0 Å². The van der Waals surface area contributed by atoms with Crippen LogP contribution in [0.5, 0.6) is 5.75 Å². The fraction of sp³-hybridized carbons (Fsp3) is 0.400. The molecule has 12 heteroatoms. The van der Waals surface area contributed by atoms with Gasteiger partial charge < -0.3 is 19.7 Å². The van der Waals surface area contributed by atoms with Gasteiger partial charge in [-0.15, -0.1) is 25.6 Å². The molecule has 37 heavy (non-hydrogen) atoms. The second kappa shape index (κ2) is 12.3. The number of rotatable bonds is 8. The third-order valence-corrected chi connectivity index (χ3v) is 6.74. The smallest absolute Gasteiger partial charge is 0.405 e. The van der Waals surface area contributed by atoms with Crippen molar-refractivity contribution in [2.24, 2.45) is 5.92 Å². The summed E-state index contributed by atoms with van der Waals surface area (Å²) in [5.74, 6) is 1.32. The zero-order valence-corrected chi connectivity index (χ0v) is 22.7. The van der Waals surface area contributed by atoms with Gasteiger partial charge in [-0.1, -0.05) is 34.1 Å². The largest absolute Gasteiger partial charge is 0.573 e. The number of fused-ring (bicyclic) bond motifs is 1. The second-order valence-corrected chi connectivity index (χ2v) is 9.87. The van der Waals surface area contributed by atoms with E-state index >= 15 is 0 Å². The van der Waals surface area contributed by atoms with Crippen LogP contribution in [-0.2, 0) is 4.79 Å². The number of carbonyl (C=O) groups is 1. The van der Waals surface area contributed by atoms with Gasteiger partial charge in [0.05, 0.1) is 11.6 Å². The van der Waals surface area contributed by atoms with E-state index in [4.69, 9.17) is 0 Å². The van der Waals surface area contributed by atoms with E-state index in [1.54, 1.807) is 6.07 Å². The second-order valence-electron chi connectivity index (χ2n) is 8.95. The molecule has 0 radical (unpaired) electrons. The Hall–Kier alpha value is -2.63. The van der Waals surface area contributed by atoms with Crippen LogP contribution in [0, 0.1) is 5.92 Å². The van der Waals surface area contributed by atoms with Gasteiger partial charge in [0.1, 0.15) is 17.9 Å². The van der Waals surface area contributed by atoms with Crippen LogP contribution < -0.4 is 15.0 Å². The van der Waals surface area contributed by atoms with Crippen LogP contribution in [0.25, 0.3) is 10.9 Å². The number of hydrogen-bond acceptors (Lipinski definition) is 7. The van der Waals surface area contributed by atoms with Crippen molar-refractivity contribution in [3.63, 3.8) is 0 Å². The van der Waals surface area contributed by atoms with Crippen molar-refractivity contribution in [2.75, 3.05) is 43.9 Å². The van der Waals surface area contributed by atoms with E-state index in [0.29, 0.717) is 42.3 Å². The summed E-state index contributed by atoms with van der Waals surface area (Å²) in [4.78, 5) is 25.1. The molecule has 2 heterocycles. The number of alkyl halides is 3. The number of ether oxygens (including phenoxy) is 1. The number of piperidine rings is 1. The van der Waals surface area contributed by atoms with Crippen molar-refractivity contribution < 1.29 is 22.7 Å². The van der Waals surface area contributed by atoms with Crippen LogP contribution in [0.2, 0.25) is 0 Å². The maximum Gasteiger partial charge on any atom is 0.573 e. The Labute approximate surface area is 227 Å². The molecule has 2 aromatic carbocycles. The molecule has 1 N–H and O–H groups in total. The van der Waals surface area contributed by atoms with Crippen molar-refractivity contribution in [1.29, 1.82) is 0 Å². The molecule has 1 fully saturated rings. The fourth-order valence-corrected chi connectivity index (χ4v) is 4.81. The van der Waals surface area contributed by atoms with E-state index in [1.807, 2.05) is 48.2 Å². The van der Waals surface area contributed by atoms with Gasteiger partial charge >= 0.3 is 6.36 Å². The molecule has 3 aromatic rings. The Morgan fingerprint density at radius 3 is 2.54 bits per heavy atom. The van der Waals surface area contributed by atoms with E-state index in [1.165, 1.54) is 12.1 Å². The molecule has 1 saturated heterocycles. The molecule has 0 saturated carbocycles. The summed E-state index contributed by atoms with van der Waals surface area (Å²) in [5.41, 5.74) is 1.05. The zero-order chi connectivity index (χ0) is 25.9. The number of nitrogens with zero attached hydrogens (tertiary/aromatic N) is 4. The van der Waals surface area contributed by atoms with Crippen molar-refractivity contribution in [3.05, 3.63) is 52.5 Å². The first-order chi connectivity index (χ1) is 17.1. The standard InChI is InChI=1S/C25H27BrF3N5O2.ClH/c1-33(2)23-18-5-3-4-6-20(18)31-24(32-23)30-14-16-9-11-34(12-10-16)21(15-35)19-8-7-17(26)13-22(19)36-25(27,28)29;/h3-8,13,15-16,21H,9-12,14H2,1-2H3,(H,30,31,32);1H. The van der Waals surface area contributed by atoms with Crippen LogP contribution in [0.4, 0.5) is 24.9 Å². The molecule has 200 valence electrons. The van der Waals surface area contributed by atoms with Crippen molar-refractivity contribution >= 4 is 57.3 Å². The first-order valence-corrected chi connectivity index (χ1v) is 12.4. The summed E-state index contributed by atoms with van der Waals surface area (Å²) < 4.78 is 43.5. The van der Waals surface area contributed by atoms with Gasteiger partial charge in [-0.05, 0) is 56.1 Å². The van der Waals surface area contributed by atoms with E-state index in [2.05, 4.69) is 36.0 Å². The number of carbonyl (C=O) groups excluding carboxylic acids is 1. The Morgan fingerprint density at radius 2 is 1.89 bits per heavy atom. The Balaban J connectivity index is 0.00000380. The van der Waals surface area contributed by atoms with Gasteiger partial charge in [0.25, 0.3) is 0 Å². The molecule has 1 aliphatic rings. The van der Waals surface area contributed by atoms with Crippen LogP contribution in [0.1, 0.15) is 24.4 Å². The van der Waals surface area contributed by atoms with Crippen LogP contribution in [0.15, 0.2) is 46.9 Å². The van der Waals surface area contributed by atoms with Gasteiger partial charge in [0, 0.05) is 36.1 Å². The SMILES string of the molecule is CN(C)c1nc(NCC2CCN(C(C=O)c3ccc(Br)cc3OC(F)(F)F)CC2)nc2ccccc12.Cl. The summed E-state index contributed by atoms with van der Waals surface area (Å²) in [6, 6.07) is 11.4. The Morgan fingerprint density at radius 1 is 1.19 bits per heavy atom. The van der Waals surface area contributed by atoms with Crippen LogP contribution in [-0.4, -0.2) is 61.2 Å². The molecule has 1 aromatic heterocycles. The maximum absolute atomic E-state index is 12.9. The number of hydrogen-bond donors (Lipinski definition) is 1. The summed E-state index contributed by atoms with van der Waals surface area (Å²) in [6.07, 6.45) is -2.62. The highest BCUT2D eigenvalue weighted by molar-refractivity contribution is 9.10. The minimum Gasteiger partial charge on any atom is -0.405 e. The van der Waals surface area contributed by atoms with Crippen LogP contribution in [0.3, 0.4) is 0 Å². The summed E-state index contributed by atoms with van der Waals surface area (Å²) in [6.45, 7) is 1.79. The lowest BCUT2D eigenvalue weighted by molar-refractivity contribution is -0.275. The number of anilines is 2. The summed E-state index contributed by atoms with van der Waals surface area (Å²) >= 11 is 3.17. The Bertz CT molecular complexity index is 1220. The average molecular weight is 603 g/mol. The van der Waals surface area contributed by atoms with Gasteiger partial charge in [-0.3, -0.25) is 4.90 Å². The van der Waals surface area contributed by atoms with E-state index < -0.39 is 12.4 Å². The molecule has 0 amide bonds. The van der Waals surface area contributed by atoms with Crippen molar-refractivity contribution in [3.8, 4) is 5.75 Å². The highest BCUT2D eigenvalue weighted by atomic mass is 79.9. The number of aldehydes is 1. The minimum absolute atomic E-state index is 0. The molecule has 0 spiro atoms.